The molecule has 1 heterocycles. The van der Waals surface area contributed by atoms with E-state index >= 15 is 0 Å². The second kappa shape index (κ2) is 9.65. The van der Waals surface area contributed by atoms with Crippen LogP contribution in [0.1, 0.15) is 77.8 Å². The van der Waals surface area contributed by atoms with Crippen LogP contribution in [-0.2, 0) is 0 Å². The Morgan fingerprint density at radius 2 is 1.68 bits per heavy atom. The summed E-state index contributed by atoms with van der Waals surface area (Å²) >= 11 is 0. The predicted octanol–water partition coefficient (Wildman–Crippen LogP) is 5.00. The largest absolute Gasteiger partial charge is 0.493 e. The number of hydrogen-bond acceptors (Lipinski definition) is 4. The Morgan fingerprint density at radius 3 is 2.32 bits per heavy atom. The predicted molar refractivity (Wildman–Crippen MR) is 119 cm³/mol. The van der Waals surface area contributed by atoms with Gasteiger partial charge in [0.25, 0.3) is 11.8 Å². The molecule has 2 atom stereocenters. The number of aliphatic hydroxyl groups is 1. The summed E-state index contributed by atoms with van der Waals surface area (Å²) in [5, 5.41) is 11.1. The third-order valence-electron chi connectivity index (χ3n) is 6.68. The van der Waals surface area contributed by atoms with E-state index in [4.69, 9.17) is 4.74 Å². The molecule has 2 aromatic carbocycles. The Labute approximate surface area is 184 Å². The van der Waals surface area contributed by atoms with E-state index in [-0.39, 0.29) is 24.3 Å². The summed E-state index contributed by atoms with van der Waals surface area (Å²) in [6.45, 7) is 2.87. The molecule has 1 saturated carbocycles. The highest BCUT2D eigenvalue weighted by atomic mass is 16.5. The van der Waals surface area contributed by atoms with Crippen LogP contribution in [0, 0.1) is 11.8 Å². The quantitative estimate of drug-likeness (QED) is 0.609. The van der Waals surface area contributed by atoms with Crippen LogP contribution < -0.4 is 4.74 Å². The summed E-state index contributed by atoms with van der Waals surface area (Å²) in [5.41, 5.74) is 1.63. The minimum absolute atomic E-state index is 0.192. The zero-order valence-corrected chi connectivity index (χ0v) is 18.1. The van der Waals surface area contributed by atoms with Crippen molar-refractivity contribution in [2.45, 2.75) is 51.6 Å². The van der Waals surface area contributed by atoms with Gasteiger partial charge in [-0.15, -0.1) is 0 Å². The lowest BCUT2D eigenvalue weighted by molar-refractivity contribution is 0.0504. The fraction of sp³-hybridized carbons (Fsp3) is 0.462. The maximum atomic E-state index is 12.7. The van der Waals surface area contributed by atoms with E-state index in [2.05, 4.69) is 0 Å². The molecule has 1 fully saturated rings. The fourth-order valence-corrected chi connectivity index (χ4v) is 4.72. The van der Waals surface area contributed by atoms with Gasteiger partial charge in [-0.25, -0.2) is 0 Å². The number of carbonyl (C=O) groups is 2. The smallest absolute Gasteiger partial charge is 0.261 e. The van der Waals surface area contributed by atoms with E-state index in [0.717, 1.165) is 11.3 Å². The van der Waals surface area contributed by atoms with Crippen molar-refractivity contribution in [1.82, 2.24) is 4.90 Å². The third kappa shape index (κ3) is 4.67. The number of aliphatic hydroxyl groups excluding tert-OH is 1. The summed E-state index contributed by atoms with van der Waals surface area (Å²) in [7, 11) is 0. The van der Waals surface area contributed by atoms with E-state index in [1.165, 1.54) is 37.0 Å². The molecule has 0 bridgehead atoms. The van der Waals surface area contributed by atoms with Crippen molar-refractivity contribution in [3.05, 3.63) is 65.2 Å². The minimum Gasteiger partial charge on any atom is -0.493 e. The van der Waals surface area contributed by atoms with Crippen LogP contribution in [0.5, 0.6) is 5.75 Å². The van der Waals surface area contributed by atoms with Crippen molar-refractivity contribution in [3.8, 4) is 5.75 Å². The fourth-order valence-electron chi connectivity index (χ4n) is 4.72. The van der Waals surface area contributed by atoms with Gasteiger partial charge in [0.2, 0.25) is 0 Å². The number of carbonyl (C=O) groups excluding carboxylic acids is 2. The van der Waals surface area contributed by atoms with Gasteiger partial charge in [0.15, 0.2) is 0 Å². The summed E-state index contributed by atoms with van der Waals surface area (Å²) in [6, 6.07) is 14.5. The van der Waals surface area contributed by atoms with Crippen molar-refractivity contribution in [2.24, 2.45) is 11.8 Å². The third-order valence-corrected chi connectivity index (χ3v) is 6.68. The number of rotatable bonds is 8. The summed E-state index contributed by atoms with van der Waals surface area (Å²) in [6.07, 6.45) is 6.19. The van der Waals surface area contributed by atoms with E-state index in [1.54, 1.807) is 24.3 Å². The monoisotopic (exact) mass is 421 g/mol. The minimum atomic E-state index is -0.785. The molecule has 0 saturated heterocycles. The first kappa shape index (κ1) is 21.6. The number of ether oxygens (including phenoxy) is 1. The van der Waals surface area contributed by atoms with Gasteiger partial charge >= 0.3 is 0 Å². The Hall–Kier alpha value is -2.66. The molecule has 0 aromatic heterocycles. The highest BCUT2D eigenvalue weighted by Gasteiger charge is 2.37. The average molecular weight is 422 g/mol. The van der Waals surface area contributed by atoms with Crippen molar-refractivity contribution in [2.75, 3.05) is 13.2 Å². The zero-order valence-electron chi connectivity index (χ0n) is 18.1. The Balaban J connectivity index is 1.42. The van der Waals surface area contributed by atoms with Crippen LogP contribution in [0.25, 0.3) is 0 Å². The molecule has 2 aromatic rings. The molecule has 164 valence electrons. The van der Waals surface area contributed by atoms with Crippen molar-refractivity contribution < 1.29 is 19.4 Å². The van der Waals surface area contributed by atoms with Crippen LogP contribution in [-0.4, -0.2) is 35.0 Å². The maximum absolute atomic E-state index is 12.7. The topological polar surface area (TPSA) is 66.8 Å². The van der Waals surface area contributed by atoms with Crippen LogP contribution in [0.3, 0.4) is 0 Å². The Kier molecular flexibility index (Phi) is 6.71. The number of fused-ring (bicyclic) bond motifs is 1. The normalized spacial score (nSPS) is 18.7. The molecule has 5 nitrogen and oxygen atoms in total. The number of imide groups is 1. The summed E-state index contributed by atoms with van der Waals surface area (Å²) in [4.78, 5) is 26.7. The first-order chi connectivity index (χ1) is 15.1. The lowest BCUT2D eigenvalue weighted by Crippen LogP contribution is -2.36. The molecule has 1 aliphatic heterocycles. The van der Waals surface area contributed by atoms with E-state index in [9.17, 15) is 14.7 Å². The van der Waals surface area contributed by atoms with Gasteiger partial charge in [0.1, 0.15) is 5.75 Å². The molecule has 31 heavy (non-hydrogen) atoms. The number of nitrogens with zero attached hydrogens (tertiary/aromatic N) is 1. The number of hydrogen-bond donors (Lipinski definition) is 1. The van der Waals surface area contributed by atoms with Crippen LogP contribution in [0.4, 0.5) is 0 Å². The van der Waals surface area contributed by atoms with Gasteiger partial charge in [0.05, 0.1) is 23.8 Å². The molecular formula is C26H31NO4. The van der Waals surface area contributed by atoms with Gasteiger partial charge in [-0.2, -0.15) is 0 Å². The molecular weight excluding hydrogens is 390 g/mol. The number of amides is 2. The van der Waals surface area contributed by atoms with Crippen LogP contribution in [0.2, 0.25) is 0 Å². The van der Waals surface area contributed by atoms with Gasteiger partial charge < -0.3 is 9.84 Å². The SMILES string of the molecule is CC[C@H](CN1C(=O)c2ccccc2C1=O)[C@@H](O)c1cccc(OCC2CCCCC2)c1. The van der Waals surface area contributed by atoms with Gasteiger partial charge in [-0.3, -0.25) is 14.5 Å². The Bertz CT molecular complexity index is 900. The van der Waals surface area contributed by atoms with E-state index < -0.39 is 6.10 Å². The van der Waals surface area contributed by atoms with Gasteiger partial charge in [-0.05, 0) is 55.0 Å². The first-order valence-electron chi connectivity index (χ1n) is 11.4. The van der Waals surface area contributed by atoms with Crippen molar-refractivity contribution in [1.29, 1.82) is 0 Å². The molecule has 4 rings (SSSR count). The molecule has 1 N–H and O–H groups in total. The van der Waals surface area contributed by atoms with Crippen molar-refractivity contribution >= 4 is 11.8 Å². The molecule has 1 aliphatic carbocycles. The standard InChI is InChI=1S/C26H31NO4/c1-2-19(16-27-25(29)22-13-6-7-14-23(22)26(27)30)24(28)20-11-8-12-21(15-20)31-17-18-9-4-3-5-10-18/h6-8,11-15,18-19,24,28H,2-5,9-10,16-17H2,1H3/t19-,24-/m1/s1. The van der Waals surface area contributed by atoms with Crippen LogP contribution in [0.15, 0.2) is 48.5 Å². The molecule has 0 spiro atoms. The van der Waals surface area contributed by atoms with Crippen molar-refractivity contribution in [3.63, 3.8) is 0 Å². The summed E-state index contributed by atoms with van der Waals surface area (Å²) < 4.78 is 6.03. The molecule has 0 unspecified atom stereocenters. The maximum Gasteiger partial charge on any atom is 0.261 e. The highest BCUT2D eigenvalue weighted by molar-refractivity contribution is 6.21. The van der Waals surface area contributed by atoms with Crippen LogP contribution >= 0.6 is 0 Å². The summed E-state index contributed by atoms with van der Waals surface area (Å²) in [5.74, 6) is 0.555. The number of benzene rings is 2. The van der Waals surface area contributed by atoms with Gasteiger partial charge in [0, 0.05) is 12.5 Å². The Morgan fingerprint density at radius 1 is 1.00 bits per heavy atom. The average Bonchev–Trinajstić information content (AvgIpc) is 3.06. The lowest BCUT2D eigenvalue weighted by atomic mass is 9.90. The zero-order chi connectivity index (χ0) is 21.8. The second-order valence-electron chi connectivity index (χ2n) is 8.77. The molecule has 2 aliphatic rings. The molecule has 2 amide bonds. The molecule has 0 radical (unpaired) electrons. The highest BCUT2D eigenvalue weighted by Crippen LogP contribution is 2.31. The first-order valence-corrected chi connectivity index (χ1v) is 11.4. The second-order valence-corrected chi connectivity index (χ2v) is 8.77. The van der Waals surface area contributed by atoms with Gasteiger partial charge in [-0.1, -0.05) is 50.5 Å². The van der Waals surface area contributed by atoms with E-state index in [1.807, 2.05) is 31.2 Å². The molecule has 5 heteroatoms. The van der Waals surface area contributed by atoms with E-state index in [0.29, 0.717) is 30.1 Å². The lowest BCUT2D eigenvalue weighted by Gasteiger charge is -2.26.